The maximum Gasteiger partial charge on any atom is 0.260 e. The van der Waals surface area contributed by atoms with Gasteiger partial charge < -0.3 is 0 Å². The first-order valence-corrected chi connectivity index (χ1v) is 7.75. The predicted molar refractivity (Wildman–Crippen MR) is 88.0 cm³/mol. The SMILES string of the molecule is O=c1cc(-c2ccccc2)sc2nnc(-c3ccccc3F)n12. The van der Waals surface area contributed by atoms with E-state index < -0.39 is 5.82 Å². The zero-order chi connectivity index (χ0) is 15.8. The van der Waals surface area contributed by atoms with Crippen LogP contribution in [0.15, 0.2) is 65.5 Å². The molecule has 112 valence electrons. The molecule has 0 aliphatic rings. The molecule has 0 fully saturated rings. The van der Waals surface area contributed by atoms with Crippen LogP contribution in [0, 0.1) is 5.82 Å². The topological polar surface area (TPSA) is 47.3 Å². The fourth-order valence-corrected chi connectivity index (χ4v) is 3.36. The summed E-state index contributed by atoms with van der Waals surface area (Å²) in [5, 5.41) is 8.05. The maximum atomic E-state index is 14.0. The monoisotopic (exact) mass is 323 g/mol. The molecule has 4 aromatic rings. The molecule has 0 aliphatic heterocycles. The molecule has 0 unspecified atom stereocenters. The van der Waals surface area contributed by atoms with Crippen LogP contribution in [0.4, 0.5) is 4.39 Å². The Hall–Kier alpha value is -2.86. The van der Waals surface area contributed by atoms with Crippen LogP contribution in [0.2, 0.25) is 0 Å². The van der Waals surface area contributed by atoms with Crippen molar-refractivity contribution < 1.29 is 4.39 Å². The minimum Gasteiger partial charge on any atom is -0.269 e. The van der Waals surface area contributed by atoms with E-state index in [4.69, 9.17) is 0 Å². The highest BCUT2D eigenvalue weighted by atomic mass is 32.1. The van der Waals surface area contributed by atoms with Gasteiger partial charge in [0.2, 0.25) is 4.96 Å². The average molecular weight is 323 g/mol. The molecule has 2 aromatic heterocycles. The highest BCUT2D eigenvalue weighted by Gasteiger charge is 2.15. The number of benzene rings is 2. The third kappa shape index (κ3) is 2.33. The Morgan fingerprint density at radius 1 is 0.957 bits per heavy atom. The molecule has 23 heavy (non-hydrogen) atoms. The van der Waals surface area contributed by atoms with Crippen LogP contribution in [-0.4, -0.2) is 14.6 Å². The maximum absolute atomic E-state index is 14.0. The van der Waals surface area contributed by atoms with Crippen LogP contribution in [-0.2, 0) is 0 Å². The molecule has 0 amide bonds. The summed E-state index contributed by atoms with van der Waals surface area (Å²) in [5.41, 5.74) is 0.921. The first kappa shape index (κ1) is 13.8. The summed E-state index contributed by atoms with van der Waals surface area (Å²) < 4.78 is 15.3. The van der Waals surface area contributed by atoms with Crippen molar-refractivity contribution in [2.75, 3.05) is 0 Å². The molecule has 6 heteroatoms. The van der Waals surface area contributed by atoms with Crippen molar-refractivity contribution in [3.05, 3.63) is 76.8 Å². The minimum atomic E-state index is -0.432. The van der Waals surface area contributed by atoms with E-state index in [0.29, 0.717) is 4.96 Å². The first-order valence-electron chi connectivity index (χ1n) is 6.93. The van der Waals surface area contributed by atoms with E-state index >= 15 is 0 Å². The van der Waals surface area contributed by atoms with E-state index in [1.54, 1.807) is 18.2 Å². The summed E-state index contributed by atoms with van der Waals surface area (Å²) in [5.74, 6) is -0.211. The van der Waals surface area contributed by atoms with Crippen molar-refractivity contribution in [2.45, 2.75) is 0 Å². The molecule has 0 bridgehead atoms. The van der Waals surface area contributed by atoms with Gasteiger partial charge in [-0.15, -0.1) is 10.2 Å². The standard InChI is InChI=1S/C17H10FN3OS/c18-13-9-5-4-8-12(13)16-19-20-17-21(16)15(22)10-14(23-17)11-6-2-1-3-7-11/h1-10H. The zero-order valence-electron chi connectivity index (χ0n) is 11.8. The van der Waals surface area contributed by atoms with E-state index in [0.717, 1.165) is 10.4 Å². The van der Waals surface area contributed by atoms with E-state index in [9.17, 15) is 9.18 Å². The molecular weight excluding hydrogens is 313 g/mol. The van der Waals surface area contributed by atoms with Crippen LogP contribution in [0.25, 0.3) is 26.8 Å². The molecule has 4 rings (SSSR count). The molecular formula is C17H10FN3OS. The van der Waals surface area contributed by atoms with Gasteiger partial charge in [0.25, 0.3) is 5.56 Å². The third-order valence-electron chi connectivity index (χ3n) is 3.48. The van der Waals surface area contributed by atoms with Gasteiger partial charge in [-0.2, -0.15) is 0 Å². The highest BCUT2D eigenvalue weighted by Crippen LogP contribution is 2.27. The van der Waals surface area contributed by atoms with Crippen LogP contribution in [0.1, 0.15) is 0 Å². The normalized spacial score (nSPS) is 11.0. The fourth-order valence-electron chi connectivity index (χ4n) is 2.40. The summed E-state index contributed by atoms with van der Waals surface area (Å²) in [7, 11) is 0. The Morgan fingerprint density at radius 2 is 1.70 bits per heavy atom. The molecule has 0 atom stereocenters. The van der Waals surface area contributed by atoms with Crippen LogP contribution in [0.3, 0.4) is 0 Å². The van der Waals surface area contributed by atoms with Crippen molar-refractivity contribution in [1.82, 2.24) is 14.6 Å². The summed E-state index contributed by atoms with van der Waals surface area (Å²) >= 11 is 1.34. The summed E-state index contributed by atoms with van der Waals surface area (Å²) in [6.07, 6.45) is 0. The molecule has 0 radical (unpaired) electrons. The number of nitrogens with zero attached hydrogens (tertiary/aromatic N) is 3. The van der Waals surface area contributed by atoms with Gasteiger partial charge in [-0.25, -0.2) is 8.79 Å². The minimum absolute atomic E-state index is 0.221. The zero-order valence-corrected chi connectivity index (χ0v) is 12.6. The third-order valence-corrected chi connectivity index (χ3v) is 4.50. The van der Waals surface area contributed by atoms with Crippen molar-refractivity contribution >= 4 is 16.3 Å². The van der Waals surface area contributed by atoms with Crippen molar-refractivity contribution in [3.63, 3.8) is 0 Å². The van der Waals surface area contributed by atoms with Crippen molar-refractivity contribution in [2.24, 2.45) is 0 Å². The fraction of sp³-hybridized carbons (Fsp3) is 0. The number of halogens is 1. The highest BCUT2D eigenvalue weighted by molar-refractivity contribution is 7.19. The molecule has 2 aromatic carbocycles. The quantitative estimate of drug-likeness (QED) is 0.566. The lowest BCUT2D eigenvalue weighted by molar-refractivity contribution is 0.629. The van der Waals surface area contributed by atoms with Gasteiger partial charge in [0.1, 0.15) is 5.82 Å². The van der Waals surface area contributed by atoms with Crippen LogP contribution in [0.5, 0.6) is 0 Å². The Kier molecular flexibility index (Phi) is 3.24. The Morgan fingerprint density at radius 3 is 2.48 bits per heavy atom. The van der Waals surface area contributed by atoms with E-state index in [2.05, 4.69) is 10.2 Å². The molecule has 0 spiro atoms. The lowest BCUT2D eigenvalue weighted by atomic mass is 10.2. The molecule has 0 saturated heterocycles. The summed E-state index contributed by atoms with van der Waals surface area (Å²) in [6, 6.07) is 17.3. The molecule has 0 N–H and O–H groups in total. The Balaban J connectivity index is 1.95. The Bertz CT molecular complexity index is 1060. The number of rotatable bonds is 2. The molecule has 4 nitrogen and oxygen atoms in total. The second-order valence-corrected chi connectivity index (χ2v) is 5.95. The largest absolute Gasteiger partial charge is 0.269 e. The smallest absolute Gasteiger partial charge is 0.260 e. The number of fused-ring (bicyclic) bond motifs is 1. The second kappa shape index (κ2) is 5.40. The predicted octanol–water partition coefficient (Wildman–Crippen LogP) is 3.62. The number of hydrogen-bond donors (Lipinski definition) is 0. The van der Waals surface area contributed by atoms with Gasteiger partial charge in [0, 0.05) is 10.9 Å². The average Bonchev–Trinajstić information content (AvgIpc) is 3.00. The lowest BCUT2D eigenvalue weighted by Gasteiger charge is -2.02. The second-order valence-electron chi connectivity index (χ2n) is 4.94. The van der Waals surface area contributed by atoms with Gasteiger partial charge in [-0.1, -0.05) is 53.8 Å². The lowest BCUT2D eigenvalue weighted by Crippen LogP contribution is -2.12. The van der Waals surface area contributed by atoms with Gasteiger partial charge >= 0.3 is 0 Å². The van der Waals surface area contributed by atoms with Crippen molar-refractivity contribution in [3.8, 4) is 21.8 Å². The summed E-state index contributed by atoms with van der Waals surface area (Å²) in [6.45, 7) is 0. The van der Waals surface area contributed by atoms with Gasteiger partial charge in [-0.05, 0) is 17.7 Å². The van der Waals surface area contributed by atoms with E-state index in [1.165, 1.54) is 27.9 Å². The van der Waals surface area contributed by atoms with E-state index in [-0.39, 0.29) is 16.9 Å². The van der Waals surface area contributed by atoms with Gasteiger partial charge in [0.05, 0.1) is 5.56 Å². The number of hydrogen-bond acceptors (Lipinski definition) is 4. The van der Waals surface area contributed by atoms with Gasteiger partial charge in [-0.3, -0.25) is 4.79 Å². The van der Waals surface area contributed by atoms with Crippen molar-refractivity contribution in [1.29, 1.82) is 0 Å². The molecule has 0 aliphatic carbocycles. The molecule has 0 saturated carbocycles. The van der Waals surface area contributed by atoms with E-state index in [1.807, 2.05) is 30.3 Å². The summed E-state index contributed by atoms with van der Waals surface area (Å²) in [4.78, 5) is 13.7. The van der Waals surface area contributed by atoms with Gasteiger partial charge in [0.15, 0.2) is 5.82 Å². The molecule has 2 heterocycles. The van der Waals surface area contributed by atoms with Crippen LogP contribution < -0.4 is 5.56 Å². The Labute approximate surface area is 134 Å². The first-order chi connectivity index (χ1) is 11.2. The van der Waals surface area contributed by atoms with Crippen LogP contribution >= 0.6 is 11.3 Å². The number of aromatic nitrogens is 3.